The SMILES string of the molecule is Cn1cc([C@H]2OCC[C@@H]2Nc2ncnc3c(F)cccc23)cn1. The highest BCUT2D eigenvalue weighted by Crippen LogP contribution is 2.32. The van der Waals surface area contributed by atoms with Gasteiger partial charge in [0.15, 0.2) is 0 Å². The number of hydrogen-bond acceptors (Lipinski definition) is 5. The Morgan fingerprint density at radius 2 is 2.26 bits per heavy atom. The van der Waals surface area contributed by atoms with Crippen molar-refractivity contribution in [2.45, 2.75) is 18.6 Å². The van der Waals surface area contributed by atoms with Crippen LogP contribution in [0.2, 0.25) is 0 Å². The minimum atomic E-state index is -0.348. The van der Waals surface area contributed by atoms with Gasteiger partial charge in [-0.25, -0.2) is 14.4 Å². The average molecular weight is 313 g/mol. The molecule has 6 nitrogen and oxygen atoms in total. The predicted octanol–water partition coefficient (Wildman–Crippen LogP) is 2.44. The van der Waals surface area contributed by atoms with Crippen molar-refractivity contribution < 1.29 is 9.13 Å². The summed E-state index contributed by atoms with van der Waals surface area (Å²) in [6.07, 6.45) is 5.88. The fourth-order valence-electron chi connectivity index (χ4n) is 3.00. The molecule has 1 N–H and O–H groups in total. The Morgan fingerprint density at radius 3 is 3.09 bits per heavy atom. The number of fused-ring (bicyclic) bond motifs is 1. The van der Waals surface area contributed by atoms with Crippen molar-refractivity contribution >= 4 is 16.7 Å². The summed E-state index contributed by atoms with van der Waals surface area (Å²) in [5, 5.41) is 8.26. The topological polar surface area (TPSA) is 64.9 Å². The van der Waals surface area contributed by atoms with Crippen LogP contribution in [0.4, 0.5) is 10.2 Å². The summed E-state index contributed by atoms with van der Waals surface area (Å²) < 4.78 is 21.5. The molecule has 0 bridgehead atoms. The van der Waals surface area contributed by atoms with Crippen LogP contribution in [0, 0.1) is 5.82 Å². The van der Waals surface area contributed by atoms with E-state index in [-0.39, 0.29) is 18.0 Å². The zero-order valence-corrected chi connectivity index (χ0v) is 12.6. The van der Waals surface area contributed by atoms with Crippen LogP contribution in [0.3, 0.4) is 0 Å². The molecule has 0 saturated carbocycles. The van der Waals surface area contributed by atoms with E-state index in [0.29, 0.717) is 23.3 Å². The summed E-state index contributed by atoms with van der Waals surface area (Å²) in [4.78, 5) is 8.31. The second-order valence-corrected chi connectivity index (χ2v) is 5.64. The quantitative estimate of drug-likeness (QED) is 0.804. The summed E-state index contributed by atoms with van der Waals surface area (Å²) in [6, 6.07) is 4.93. The molecular weight excluding hydrogens is 297 g/mol. The highest BCUT2D eigenvalue weighted by molar-refractivity contribution is 5.89. The number of hydrogen-bond donors (Lipinski definition) is 1. The summed E-state index contributed by atoms with van der Waals surface area (Å²) in [5.41, 5.74) is 1.34. The van der Waals surface area contributed by atoms with Crippen LogP contribution in [0.25, 0.3) is 10.9 Å². The number of rotatable bonds is 3. The zero-order valence-electron chi connectivity index (χ0n) is 12.6. The number of halogens is 1. The number of benzene rings is 1. The lowest BCUT2D eigenvalue weighted by molar-refractivity contribution is 0.107. The molecule has 0 radical (unpaired) electrons. The molecule has 3 heterocycles. The van der Waals surface area contributed by atoms with E-state index in [1.54, 1.807) is 10.7 Å². The van der Waals surface area contributed by atoms with E-state index in [1.165, 1.54) is 12.4 Å². The van der Waals surface area contributed by atoms with Gasteiger partial charge in [0, 0.05) is 30.8 Å². The number of anilines is 1. The lowest BCUT2D eigenvalue weighted by Gasteiger charge is -2.20. The summed E-state index contributed by atoms with van der Waals surface area (Å²) >= 11 is 0. The van der Waals surface area contributed by atoms with Gasteiger partial charge in [-0.05, 0) is 18.6 Å². The third-order valence-corrected chi connectivity index (χ3v) is 4.08. The Morgan fingerprint density at radius 1 is 1.35 bits per heavy atom. The molecule has 0 spiro atoms. The Bertz CT molecular complexity index is 849. The molecule has 2 aromatic heterocycles. The highest BCUT2D eigenvalue weighted by Gasteiger charge is 2.31. The molecule has 1 aliphatic heterocycles. The number of aryl methyl sites for hydroxylation is 1. The molecular formula is C16H16FN5O. The lowest BCUT2D eigenvalue weighted by Crippen LogP contribution is -2.23. The number of aromatic nitrogens is 4. The molecule has 3 aromatic rings. The van der Waals surface area contributed by atoms with Crippen LogP contribution < -0.4 is 5.32 Å². The zero-order chi connectivity index (χ0) is 15.8. The molecule has 1 aliphatic rings. The largest absolute Gasteiger partial charge is 0.371 e. The van der Waals surface area contributed by atoms with Crippen molar-refractivity contribution in [2.75, 3.05) is 11.9 Å². The fourth-order valence-corrected chi connectivity index (χ4v) is 3.00. The van der Waals surface area contributed by atoms with Crippen LogP contribution in [0.1, 0.15) is 18.1 Å². The first kappa shape index (κ1) is 14.1. The number of nitrogens with zero attached hydrogens (tertiary/aromatic N) is 4. The van der Waals surface area contributed by atoms with E-state index in [0.717, 1.165) is 12.0 Å². The van der Waals surface area contributed by atoms with Crippen LogP contribution in [0.5, 0.6) is 0 Å². The number of ether oxygens (including phenoxy) is 1. The molecule has 1 aromatic carbocycles. The maximum atomic E-state index is 13.9. The second-order valence-electron chi connectivity index (χ2n) is 5.64. The van der Waals surface area contributed by atoms with Crippen molar-refractivity contribution in [1.82, 2.24) is 19.7 Å². The van der Waals surface area contributed by atoms with Gasteiger partial charge < -0.3 is 10.1 Å². The van der Waals surface area contributed by atoms with E-state index < -0.39 is 0 Å². The third kappa shape index (κ3) is 2.53. The number of para-hydroxylation sites is 1. The molecule has 1 saturated heterocycles. The van der Waals surface area contributed by atoms with Crippen molar-refractivity contribution in [3.63, 3.8) is 0 Å². The van der Waals surface area contributed by atoms with Crippen molar-refractivity contribution in [1.29, 1.82) is 0 Å². The van der Waals surface area contributed by atoms with E-state index in [1.807, 2.05) is 25.5 Å². The summed E-state index contributed by atoms with van der Waals surface area (Å²) in [7, 11) is 1.88. The van der Waals surface area contributed by atoms with Gasteiger partial charge in [0.2, 0.25) is 0 Å². The van der Waals surface area contributed by atoms with Gasteiger partial charge in [0.25, 0.3) is 0 Å². The maximum Gasteiger partial charge on any atom is 0.149 e. The summed E-state index contributed by atoms with van der Waals surface area (Å²) in [5.74, 6) is 0.276. The molecule has 4 rings (SSSR count). The van der Waals surface area contributed by atoms with Gasteiger partial charge in [0.1, 0.15) is 29.6 Å². The first-order valence-electron chi connectivity index (χ1n) is 7.48. The van der Waals surface area contributed by atoms with Crippen molar-refractivity contribution in [3.8, 4) is 0 Å². The molecule has 23 heavy (non-hydrogen) atoms. The van der Waals surface area contributed by atoms with Gasteiger partial charge in [-0.1, -0.05) is 6.07 Å². The smallest absolute Gasteiger partial charge is 0.149 e. The molecule has 0 amide bonds. The predicted molar refractivity (Wildman–Crippen MR) is 83.4 cm³/mol. The maximum absolute atomic E-state index is 13.9. The van der Waals surface area contributed by atoms with E-state index in [9.17, 15) is 4.39 Å². The Kier molecular flexibility index (Phi) is 3.42. The monoisotopic (exact) mass is 313 g/mol. The van der Waals surface area contributed by atoms with Gasteiger partial charge in [-0.2, -0.15) is 5.10 Å². The first-order chi connectivity index (χ1) is 11.2. The minimum Gasteiger partial charge on any atom is -0.371 e. The highest BCUT2D eigenvalue weighted by atomic mass is 19.1. The van der Waals surface area contributed by atoms with Crippen LogP contribution in [-0.4, -0.2) is 32.4 Å². The minimum absolute atomic E-state index is 0.0561. The summed E-state index contributed by atoms with van der Waals surface area (Å²) in [6.45, 7) is 0.661. The van der Waals surface area contributed by atoms with Crippen LogP contribution in [-0.2, 0) is 11.8 Å². The molecule has 2 atom stereocenters. The standard InChI is InChI=1S/C16H16FN5O/c1-22-8-10(7-20-22)15-13(5-6-23-15)21-16-11-3-2-4-12(17)14(11)18-9-19-16/h2-4,7-9,13,15H,5-6H2,1H3,(H,18,19,21)/t13-,15+/m0/s1. The van der Waals surface area contributed by atoms with Crippen LogP contribution in [0.15, 0.2) is 36.9 Å². The number of nitrogens with one attached hydrogen (secondary N) is 1. The average Bonchev–Trinajstić information content (AvgIpc) is 3.17. The molecule has 0 aliphatic carbocycles. The van der Waals surface area contributed by atoms with Crippen molar-refractivity contribution in [3.05, 3.63) is 48.3 Å². The molecule has 1 fully saturated rings. The van der Waals surface area contributed by atoms with Gasteiger partial charge in [-0.15, -0.1) is 0 Å². The van der Waals surface area contributed by atoms with Gasteiger partial charge >= 0.3 is 0 Å². The Labute approximate surface area is 132 Å². The molecule has 118 valence electrons. The van der Waals surface area contributed by atoms with Gasteiger partial charge in [-0.3, -0.25) is 4.68 Å². The Balaban J connectivity index is 1.66. The first-order valence-corrected chi connectivity index (χ1v) is 7.48. The normalized spacial score (nSPS) is 21.0. The second kappa shape index (κ2) is 5.58. The fraction of sp³-hybridized carbons (Fsp3) is 0.312. The van der Waals surface area contributed by atoms with E-state index in [4.69, 9.17) is 4.74 Å². The lowest BCUT2D eigenvalue weighted by atomic mass is 10.1. The molecule has 0 unspecified atom stereocenters. The Hall–Kier alpha value is -2.54. The van der Waals surface area contributed by atoms with E-state index >= 15 is 0 Å². The van der Waals surface area contributed by atoms with Gasteiger partial charge in [0.05, 0.1) is 12.2 Å². The van der Waals surface area contributed by atoms with E-state index in [2.05, 4.69) is 20.4 Å². The third-order valence-electron chi connectivity index (χ3n) is 4.08. The van der Waals surface area contributed by atoms with Crippen LogP contribution >= 0.6 is 0 Å². The van der Waals surface area contributed by atoms with Crippen molar-refractivity contribution in [2.24, 2.45) is 7.05 Å². The molecule has 7 heteroatoms.